The van der Waals surface area contributed by atoms with Crippen LogP contribution in [0.5, 0.6) is 0 Å². The molecule has 0 fully saturated rings. The molecular weight excluding hydrogens is 195 g/mol. The second kappa shape index (κ2) is 3.12. The van der Waals surface area contributed by atoms with Gasteiger partial charge in [-0.2, -0.15) is 4.39 Å². The minimum absolute atomic E-state index is 0.114. The first-order valence-corrected chi connectivity index (χ1v) is 2.98. The second-order valence-corrected chi connectivity index (χ2v) is 2.12. The molecule has 0 aliphatic rings. The highest BCUT2D eigenvalue weighted by atomic mass is 19.2. The van der Waals surface area contributed by atoms with Crippen molar-refractivity contribution < 1.29 is 26.7 Å². The van der Waals surface area contributed by atoms with Crippen LogP contribution >= 0.6 is 0 Å². The van der Waals surface area contributed by atoms with Crippen LogP contribution < -0.4 is 0 Å². The maximum absolute atomic E-state index is 12.5. The fraction of sp³-hybridized carbons (Fsp3) is 0. The van der Waals surface area contributed by atoms with Crippen LogP contribution in [-0.4, -0.2) is 6.04 Å². The van der Waals surface area contributed by atoms with E-state index in [1.54, 1.807) is 0 Å². The van der Waals surface area contributed by atoms with Gasteiger partial charge < -0.3 is 0 Å². The Hall–Kier alpha value is -1.46. The summed E-state index contributed by atoms with van der Waals surface area (Å²) in [7, 11) is 0. The van der Waals surface area contributed by atoms with Crippen molar-refractivity contribution in [2.75, 3.05) is 0 Å². The van der Waals surface area contributed by atoms with Gasteiger partial charge in [-0.15, -0.1) is 0 Å². The van der Waals surface area contributed by atoms with Crippen LogP contribution in [0.2, 0.25) is 0 Å². The summed E-state index contributed by atoms with van der Waals surface area (Å²) in [6.45, 7) is 0. The summed E-state index contributed by atoms with van der Waals surface area (Å²) >= 11 is 0. The molecule has 0 atom stereocenters. The van der Waals surface area contributed by atoms with E-state index in [1.807, 2.05) is 0 Å². The van der Waals surface area contributed by atoms with Crippen molar-refractivity contribution in [1.82, 2.24) is 0 Å². The molecule has 0 aromatic heterocycles. The Labute approximate surface area is 68.8 Å². The van der Waals surface area contributed by atoms with Gasteiger partial charge in [0.2, 0.25) is 0 Å². The molecule has 0 N–H and O–H groups in total. The topological polar surface area (TPSA) is 17.1 Å². The van der Waals surface area contributed by atoms with Gasteiger partial charge in [-0.3, -0.25) is 4.79 Å². The molecule has 1 aromatic rings. The molecule has 0 amide bonds. The predicted molar refractivity (Wildman–Crippen MR) is 31.7 cm³/mol. The Morgan fingerprint density at radius 1 is 1.00 bits per heavy atom. The third-order valence-electron chi connectivity index (χ3n) is 1.31. The van der Waals surface area contributed by atoms with Crippen molar-refractivity contribution >= 4 is 6.04 Å². The van der Waals surface area contributed by atoms with Gasteiger partial charge in [0.1, 0.15) is 5.56 Å². The summed E-state index contributed by atoms with van der Waals surface area (Å²) in [6.07, 6.45) is 0. The molecule has 0 aliphatic carbocycles. The van der Waals surface area contributed by atoms with Crippen molar-refractivity contribution in [2.45, 2.75) is 0 Å². The Kier molecular flexibility index (Phi) is 2.31. The lowest BCUT2D eigenvalue weighted by Gasteiger charge is -2.00. The van der Waals surface area contributed by atoms with Crippen LogP contribution in [0.1, 0.15) is 10.4 Å². The Morgan fingerprint density at radius 2 is 1.38 bits per heavy atom. The van der Waals surface area contributed by atoms with Gasteiger partial charge in [0.15, 0.2) is 23.3 Å². The lowest BCUT2D eigenvalue weighted by molar-refractivity contribution is 0.0823. The zero-order valence-electron chi connectivity index (χ0n) is 5.88. The van der Waals surface area contributed by atoms with Gasteiger partial charge in [0.25, 0.3) is 0 Å². The molecule has 0 spiro atoms. The Bertz CT molecular complexity index is 347. The summed E-state index contributed by atoms with van der Waals surface area (Å²) in [6, 6.07) is -2.68. The zero-order valence-corrected chi connectivity index (χ0v) is 5.88. The molecule has 1 aromatic carbocycles. The van der Waals surface area contributed by atoms with E-state index in [-0.39, 0.29) is 6.07 Å². The fourth-order valence-electron chi connectivity index (χ4n) is 0.746. The average Bonchev–Trinajstić information content (AvgIpc) is 2.01. The molecule has 0 heterocycles. The SMILES string of the molecule is O=C(F)c1c(F)c(F)cc(F)c1F. The standard InChI is InChI=1S/C7HF5O/c8-2-1-3(9)6(11)4(5(2)10)7(12)13/h1H. The van der Waals surface area contributed by atoms with Crippen molar-refractivity contribution in [3.05, 3.63) is 34.9 Å². The van der Waals surface area contributed by atoms with Gasteiger partial charge in [-0.25, -0.2) is 17.6 Å². The number of carbonyl (C=O) groups excluding carboxylic acids is 1. The molecule has 0 bridgehead atoms. The minimum atomic E-state index is -2.56. The van der Waals surface area contributed by atoms with Crippen molar-refractivity contribution in [3.63, 3.8) is 0 Å². The molecule has 6 heteroatoms. The summed E-state index contributed by atoms with van der Waals surface area (Å²) < 4.78 is 61.3. The number of carbonyl (C=O) groups is 1. The van der Waals surface area contributed by atoms with Crippen LogP contribution in [0.4, 0.5) is 22.0 Å². The highest BCUT2D eigenvalue weighted by Crippen LogP contribution is 2.19. The highest BCUT2D eigenvalue weighted by Gasteiger charge is 2.24. The number of hydrogen-bond acceptors (Lipinski definition) is 1. The van der Waals surface area contributed by atoms with E-state index in [0.29, 0.717) is 0 Å². The monoisotopic (exact) mass is 196 g/mol. The Balaban J connectivity index is 3.56. The van der Waals surface area contributed by atoms with Crippen molar-refractivity contribution in [2.24, 2.45) is 0 Å². The normalized spacial score (nSPS) is 10.2. The largest absolute Gasteiger partial charge is 0.338 e. The van der Waals surface area contributed by atoms with E-state index in [0.717, 1.165) is 0 Å². The van der Waals surface area contributed by atoms with Gasteiger partial charge >= 0.3 is 6.04 Å². The van der Waals surface area contributed by atoms with Crippen LogP contribution in [0.3, 0.4) is 0 Å². The van der Waals surface area contributed by atoms with E-state index in [2.05, 4.69) is 0 Å². The summed E-state index contributed by atoms with van der Waals surface area (Å²) in [4.78, 5) is 9.91. The van der Waals surface area contributed by atoms with E-state index < -0.39 is 34.9 Å². The minimum Gasteiger partial charge on any atom is -0.255 e. The van der Waals surface area contributed by atoms with E-state index in [9.17, 15) is 26.7 Å². The van der Waals surface area contributed by atoms with Gasteiger partial charge in [-0.1, -0.05) is 0 Å². The van der Waals surface area contributed by atoms with Crippen LogP contribution in [0, 0.1) is 23.3 Å². The van der Waals surface area contributed by atoms with E-state index >= 15 is 0 Å². The number of halogens is 5. The maximum atomic E-state index is 12.5. The molecular formula is C7HF5O. The van der Waals surface area contributed by atoms with Gasteiger partial charge in [-0.05, 0) is 0 Å². The third kappa shape index (κ3) is 1.51. The molecule has 0 saturated carbocycles. The molecule has 1 rings (SSSR count). The van der Waals surface area contributed by atoms with Crippen LogP contribution in [0.15, 0.2) is 6.07 Å². The first kappa shape index (κ1) is 9.63. The lowest BCUT2D eigenvalue weighted by atomic mass is 10.2. The van der Waals surface area contributed by atoms with Crippen LogP contribution in [-0.2, 0) is 0 Å². The molecule has 0 aliphatic heterocycles. The van der Waals surface area contributed by atoms with Gasteiger partial charge in [0, 0.05) is 6.07 Å². The summed E-state index contributed by atoms with van der Waals surface area (Å²) in [5.41, 5.74) is -1.85. The fourth-order valence-corrected chi connectivity index (χ4v) is 0.746. The summed E-state index contributed by atoms with van der Waals surface area (Å²) in [5, 5.41) is 0. The zero-order chi connectivity index (χ0) is 10.2. The third-order valence-corrected chi connectivity index (χ3v) is 1.31. The average molecular weight is 196 g/mol. The first-order chi connectivity index (χ1) is 5.95. The smallest absolute Gasteiger partial charge is 0.255 e. The summed E-state index contributed by atoms with van der Waals surface area (Å²) in [5.74, 6) is -7.71. The predicted octanol–water partition coefficient (Wildman–Crippen LogP) is 2.35. The second-order valence-electron chi connectivity index (χ2n) is 2.12. The molecule has 0 radical (unpaired) electrons. The van der Waals surface area contributed by atoms with Crippen molar-refractivity contribution in [1.29, 1.82) is 0 Å². The first-order valence-electron chi connectivity index (χ1n) is 2.98. The van der Waals surface area contributed by atoms with E-state index in [1.165, 1.54) is 0 Å². The Morgan fingerprint density at radius 3 is 1.69 bits per heavy atom. The molecule has 1 nitrogen and oxygen atoms in total. The number of hydrogen-bond donors (Lipinski definition) is 0. The lowest BCUT2D eigenvalue weighted by Crippen LogP contribution is -2.05. The number of rotatable bonds is 1. The molecule has 70 valence electrons. The van der Waals surface area contributed by atoms with E-state index in [4.69, 9.17) is 0 Å². The van der Waals surface area contributed by atoms with Crippen LogP contribution in [0.25, 0.3) is 0 Å². The van der Waals surface area contributed by atoms with Gasteiger partial charge in [0.05, 0.1) is 0 Å². The quantitative estimate of drug-likeness (QED) is 0.382. The van der Waals surface area contributed by atoms with Crippen molar-refractivity contribution in [3.8, 4) is 0 Å². The highest BCUT2D eigenvalue weighted by molar-refractivity contribution is 5.89. The molecule has 13 heavy (non-hydrogen) atoms. The number of benzene rings is 1. The maximum Gasteiger partial charge on any atom is 0.338 e. The molecule has 0 saturated heterocycles. The molecule has 0 unspecified atom stereocenters.